The zero-order chi connectivity index (χ0) is 7.14. The Morgan fingerprint density at radius 2 is 2.20 bits per heavy atom. The van der Waals surface area contributed by atoms with Crippen molar-refractivity contribution in [1.82, 2.24) is 0 Å². The summed E-state index contributed by atoms with van der Waals surface area (Å²) in [6.45, 7) is 0. The predicted octanol–water partition coefficient (Wildman–Crippen LogP) is 3.15. The van der Waals surface area contributed by atoms with Gasteiger partial charge < -0.3 is 0 Å². The maximum atomic E-state index is 10.8. The third-order valence-corrected chi connectivity index (χ3v) is 5.45. The van der Waals surface area contributed by atoms with Gasteiger partial charge in [-0.3, -0.25) is 4.79 Å². The second-order valence-corrected chi connectivity index (χ2v) is 6.11. The molecule has 0 aromatic carbocycles. The fraction of sp³-hybridized carbons (Fsp3) is 0. The van der Waals surface area contributed by atoms with Gasteiger partial charge in [0.25, 0.3) is 4.06 Å². The number of rotatable bonds is 0. The molecule has 0 aliphatic carbocycles. The molecule has 2 aromatic heterocycles. The Labute approximate surface area is 77.1 Å². The molecule has 0 atom stereocenters. The lowest BCUT2D eigenvalue weighted by Crippen LogP contribution is -1.73. The number of fused-ring (bicyclic) bond motifs is 1. The molecule has 0 bridgehead atoms. The van der Waals surface area contributed by atoms with E-state index in [9.17, 15) is 4.79 Å². The van der Waals surface area contributed by atoms with E-state index in [1.54, 1.807) is 11.3 Å². The van der Waals surface area contributed by atoms with Crippen LogP contribution in [0.1, 0.15) is 0 Å². The first-order chi connectivity index (χ1) is 4.77. The molecule has 52 valence electrons. The molecule has 0 amide bonds. The molecule has 0 N–H and O–H groups in total. The molecule has 0 spiro atoms. The van der Waals surface area contributed by atoms with Crippen LogP contribution in [0.15, 0.2) is 14.0 Å². The Morgan fingerprint density at radius 3 is 2.90 bits per heavy atom. The zero-order valence-electron chi connectivity index (χ0n) is 4.59. The van der Waals surface area contributed by atoms with Gasteiger partial charge in [-0.2, -0.15) is 0 Å². The third-order valence-electron chi connectivity index (χ3n) is 1.05. The molecule has 0 radical (unpaired) electrons. The first-order valence-corrected chi connectivity index (χ1v) is 5.74. The van der Waals surface area contributed by atoms with Gasteiger partial charge in [-0.25, -0.2) is 0 Å². The number of halogens is 1. The summed E-state index contributed by atoms with van der Waals surface area (Å²) < 4.78 is 3.45. The summed E-state index contributed by atoms with van der Waals surface area (Å²) in [4.78, 5) is 10.8. The molecular weight excluding hydrogens is 252 g/mol. The summed E-state index contributed by atoms with van der Waals surface area (Å²) in [6, 6.07) is 0. The first-order valence-electron chi connectivity index (χ1n) is 2.44. The average molecular weight is 253 g/mol. The SMILES string of the molecule is O=c1sc2csc(Br)c2s1. The highest BCUT2D eigenvalue weighted by atomic mass is 79.9. The summed E-state index contributed by atoms with van der Waals surface area (Å²) in [5, 5.41) is 2.00. The Morgan fingerprint density at radius 1 is 1.40 bits per heavy atom. The second-order valence-electron chi connectivity index (χ2n) is 1.66. The van der Waals surface area contributed by atoms with E-state index in [1.165, 1.54) is 22.7 Å². The van der Waals surface area contributed by atoms with Gasteiger partial charge in [0.15, 0.2) is 0 Å². The van der Waals surface area contributed by atoms with Crippen LogP contribution >= 0.6 is 49.9 Å². The predicted molar refractivity (Wildman–Crippen MR) is 51.5 cm³/mol. The van der Waals surface area contributed by atoms with E-state index >= 15 is 0 Å². The van der Waals surface area contributed by atoms with E-state index in [4.69, 9.17) is 0 Å². The third kappa shape index (κ3) is 0.972. The van der Waals surface area contributed by atoms with E-state index in [0.29, 0.717) is 0 Å². The quantitative estimate of drug-likeness (QED) is 0.704. The highest BCUT2D eigenvalue weighted by Crippen LogP contribution is 2.34. The molecule has 2 rings (SSSR count). The Balaban J connectivity index is 3.03. The molecule has 0 saturated carbocycles. The van der Waals surface area contributed by atoms with Crippen LogP contribution < -0.4 is 4.06 Å². The van der Waals surface area contributed by atoms with Crippen LogP contribution in [0.25, 0.3) is 9.40 Å². The van der Waals surface area contributed by atoms with Crippen molar-refractivity contribution in [2.75, 3.05) is 0 Å². The van der Waals surface area contributed by atoms with Crippen molar-refractivity contribution in [2.24, 2.45) is 0 Å². The number of thiophene rings is 1. The molecule has 2 aromatic rings. The smallest absolute Gasteiger partial charge is 0.265 e. The average Bonchev–Trinajstić information content (AvgIpc) is 2.35. The van der Waals surface area contributed by atoms with Crippen molar-refractivity contribution in [3.8, 4) is 0 Å². The normalized spacial score (nSPS) is 10.9. The maximum Gasteiger partial charge on any atom is 0.288 e. The summed E-state index contributed by atoms with van der Waals surface area (Å²) >= 11 is 7.64. The standard InChI is InChI=1S/C5HBrOS3/c6-4-3-2(1-8-4)9-5(7)10-3/h1H. The van der Waals surface area contributed by atoms with Gasteiger partial charge >= 0.3 is 0 Å². The van der Waals surface area contributed by atoms with Gasteiger partial charge in [0.2, 0.25) is 0 Å². The molecule has 1 nitrogen and oxygen atoms in total. The van der Waals surface area contributed by atoms with E-state index in [2.05, 4.69) is 15.9 Å². The van der Waals surface area contributed by atoms with E-state index in [1.807, 2.05) is 5.38 Å². The van der Waals surface area contributed by atoms with Gasteiger partial charge in [-0.15, -0.1) is 11.3 Å². The van der Waals surface area contributed by atoms with Crippen LogP contribution in [0, 0.1) is 0 Å². The van der Waals surface area contributed by atoms with Crippen molar-refractivity contribution in [2.45, 2.75) is 0 Å². The lowest BCUT2D eigenvalue weighted by Gasteiger charge is -1.71. The van der Waals surface area contributed by atoms with Crippen LogP contribution in [0.4, 0.5) is 0 Å². The highest BCUT2D eigenvalue weighted by Gasteiger charge is 2.04. The maximum absolute atomic E-state index is 10.8. The minimum atomic E-state index is 0.179. The van der Waals surface area contributed by atoms with E-state index in [0.717, 1.165) is 13.2 Å². The summed E-state index contributed by atoms with van der Waals surface area (Å²) in [7, 11) is 0. The van der Waals surface area contributed by atoms with Crippen molar-refractivity contribution in [3.63, 3.8) is 0 Å². The summed E-state index contributed by atoms with van der Waals surface area (Å²) in [5.74, 6) is 0. The van der Waals surface area contributed by atoms with Gasteiger partial charge in [0, 0.05) is 5.38 Å². The van der Waals surface area contributed by atoms with E-state index < -0.39 is 0 Å². The lowest BCUT2D eigenvalue weighted by atomic mass is 10.7. The molecule has 0 aliphatic heterocycles. The van der Waals surface area contributed by atoms with Crippen LogP contribution in [-0.2, 0) is 0 Å². The van der Waals surface area contributed by atoms with E-state index in [-0.39, 0.29) is 4.06 Å². The second kappa shape index (κ2) is 2.41. The monoisotopic (exact) mass is 252 g/mol. The van der Waals surface area contributed by atoms with Gasteiger partial charge in [-0.1, -0.05) is 22.7 Å². The van der Waals surface area contributed by atoms with Crippen LogP contribution in [0.5, 0.6) is 0 Å². The summed E-state index contributed by atoms with van der Waals surface area (Å²) in [5.41, 5.74) is 0. The van der Waals surface area contributed by atoms with Gasteiger partial charge in [0.1, 0.15) is 0 Å². The molecule has 0 fully saturated rings. The highest BCUT2D eigenvalue weighted by molar-refractivity contribution is 9.11. The molecule has 2 heterocycles. The molecular formula is C5HBrOS3. The van der Waals surface area contributed by atoms with Crippen LogP contribution in [-0.4, -0.2) is 0 Å². The Hall–Kier alpha value is 0.290. The summed E-state index contributed by atoms with van der Waals surface area (Å²) in [6.07, 6.45) is 0. The minimum absolute atomic E-state index is 0.179. The molecule has 10 heavy (non-hydrogen) atoms. The zero-order valence-corrected chi connectivity index (χ0v) is 8.62. The fourth-order valence-corrected chi connectivity index (χ4v) is 4.54. The largest absolute Gasteiger partial charge is 0.288 e. The molecule has 0 aliphatic rings. The number of hydrogen-bond donors (Lipinski definition) is 0. The Bertz CT molecular complexity index is 410. The van der Waals surface area contributed by atoms with Crippen molar-refractivity contribution in [1.29, 1.82) is 0 Å². The van der Waals surface area contributed by atoms with Crippen molar-refractivity contribution >= 4 is 59.3 Å². The molecule has 0 saturated heterocycles. The Kier molecular flexibility index (Phi) is 1.68. The van der Waals surface area contributed by atoms with Crippen molar-refractivity contribution in [3.05, 3.63) is 18.0 Å². The van der Waals surface area contributed by atoms with Crippen molar-refractivity contribution < 1.29 is 0 Å². The number of hydrogen-bond acceptors (Lipinski definition) is 4. The van der Waals surface area contributed by atoms with Gasteiger partial charge in [0.05, 0.1) is 13.2 Å². The molecule has 0 unspecified atom stereocenters. The van der Waals surface area contributed by atoms with Gasteiger partial charge in [-0.05, 0) is 15.9 Å². The minimum Gasteiger partial charge on any atom is -0.265 e. The lowest BCUT2D eigenvalue weighted by molar-refractivity contribution is 2.25. The first kappa shape index (κ1) is 6.97. The topological polar surface area (TPSA) is 17.1 Å². The molecule has 5 heteroatoms. The van der Waals surface area contributed by atoms with Crippen LogP contribution in [0.3, 0.4) is 0 Å². The fourth-order valence-electron chi connectivity index (χ4n) is 0.664. The van der Waals surface area contributed by atoms with Crippen LogP contribution in [0.2, 0.25) is 0 Å².